The minimum Gasteiger partial charge on any atom is -0.456 e. The number of benzene rings is 2. The van der Waals surface area contributed by atoms with Gasteiger partial charge in [0, 0.05) is 11.3 Å². The number of rotatable bonds is 5. The highest BCUT2D eigenvalue weighted by Gasteiger charge is 2.30. The van der Waals surface area contributed by atoms with Gasteiger partial charge in [-0.15, -0.1) is 0 Å². The maximum atomic E-state index is 12.3. The van der Waals surface area contributed by atoms with Gasteiger partial charge in [-0.05, 0) is 42.7 Å². The summed E-state index contributed by atoms with van der Waals surface area (Å²) in [6, 6.07) is 18.8. The molecule has 1 heterocycles. The Labute approximate surface area is 162 Å². The molecule has 1 aliphatic carbocycles. The van der Waals surface area contributed by atoms with E-state index in [-0.39, 0.29) is 18.5 Å². The van der Waals surface area contributed by atoms with Crippen LogP contribution in [0.4, 0.5) is 11.5 Å². The molecule has 1 aromatic heterocycles. The van der Waals surface area contributed by atoms with Crippen LogP contribution in [0.1, 0.15) is 34.9 Å². The minimum absolute atomic E-state index is 0.244. The molecule has 0 radical (unpaired) electrons. The average molecular weight is 370 g/mol. The second-order valence-corrected chi connectivity index (χ2v) is 6.58. The van der Waals surface area contributed by atoms with E-state index in [9.17, 15) is 4.79 Å². The first kappa shape index (κ1) is 17.7. The predicted molar refractivity (Wildman–Crippen MR) is 104 cm³/mol. The molecular formula is C22H18N4O2. The molecule has 4 rings (SSSR count). The molecule has 3 aromatic rings. The molecule has 0 saturated heterocycles. The number of nitrogens with one attached hydrogen (secondary N) is 1. The van der Waals surface area contributed by atoms with Gasteiger partial charge in [-0.1, -0.05) is 30.3 Å². The molecule has 1 atom stereocenters. The second kappa shape index (κ2) is 7.89. The summed E-state index contributed by atoms with van der Waals surface area (Å²) in [4.78, 5) is 21.0. The first-order valence-electron chi connectivity index (χ1n) is 9.07. The Bertz CT molecular complexity index is 1030. The average Bonchev–Trinajstić information content (AvgIpc) is 3.13. The fraction of sp³-hybridized carbons (Fsp3) is 0.182. The quantitative estimate of drug-likeness (QED) is 0.686. The van der Waals surface area contributed by atoms with Gasteiger partial charge in [0.25, 0.3) is 0 Å². The molecule has 1 unspecified atom stereocenters. The Hall–Kier alpha value is -3.72. The summed E-state index contributed by atoms with van der Waals surface area (Å²) in [7, 11) is 0. The molecule has 0 spiro atoms. The van der Waals surface area contributed by atoms with Crippen molar-refractivity contribution in [2.75, 3.05) is 5.32 Å². The topological polar surface area (TPSA) is 87.9 Å². The molecule has 0 amide bonds. The number of hydrogen-bond acceptors (Lipinski definition) is 6. The van der Waals surface area contributed by atoms with Crippen LogP contribution >= 0.6 is 0 Å². The highest BCUT2D eigenvalue weighted by Crippen LogP contribution is 2.36. The summed E-state index contributed by atoms with van der Waals surface area (Å²) in [5, 5.41) is 12.2. The molecule has 6 heteroatoms. The lowest BCUT2D eigenvalue weighted by Crippen LogP contribution is -2.13. The Morgan fingerprint density at radius 1 is 1.14 bits per heavy atom. The highest BCUT2D eigenvalue weighted by atomic mass is 16.5. The van der Waals surface area contributed by atoms with E-state index in [1.807, 2.05) is 42.5 Å². The first-order valence-corrected chi connectivity index (χ1v) is 9.07. The van der Waals surface area contributed by atoms with Crippen LogP contribution in [0.15, 0.2) is 60.9 Å². The van der Waals surface area contributed by atoms with Crippen molar-refractivity contribution >= 4 is 17.5 Å². The van der Waals surface area contributed by atoms with E-state index in [2.05, 4.69) is 21.4 Å². The van der Waals surface area contributed by atoms with Crippen molar-refractivity contribution in [1.82, 2.24) is 9.97 Å². The van der Waals surface area contributed by atoms with Gasteiger partial charge in [0.05, 0.1) is 23.7 Å². The lowest BCUT2D eigenvalue weighted by molar-refractivity contribution is -0.148. The summed E-state index contributed by atoms with van der Waals surface area (Å²) >= 11 is 0. The van der Waals surface area contributed by atoms with Crippen LogP contribution in [0.2, 0.25) is 0 Å². The Morgan fingerprint density at radius 2 is 1.93 bits per heavy atom. The van der Waals surface area contributed by atoms with Gasteiger partial charge >= 0.3 is 5.97 Å². The molecule has 1 N–H and O–H groups in total. The maximum Gasteiger partial charge on any atom is 0.310 e. The van der Waals surface area contributed by atoms with E-state index in [1.165, 1.54) is 6.33 Å². The SMILES string of the molecule is N#Cc1ccc(Nc2ncnc3c2CCC3OC(=O)Cc2ccccc2)cc1. The van der Waals surface area contributed by atoms with E-state index >= 15 is 0 Å². The summed E-state index contributed by atoms with van der Waals surface area (Å²) in [5.74, 6) is 0.445. The molecule has 28 heavy (non-hydrogen) atoms. The molecule has 1 aliphatic rings. The number of anilines is 2. The molecule has 2 aromatic carbocycles. The van der Waals surface area contributed by atoms with Crippen LogP contribution in [0.5, 0.6) is 0 Å². The van der Waals surface area contributed by atoms with Gasteiger partial charge in [-0.2, -0.15) is 5.26 Å². The van der Waals surface area contributed by atoms with Crippen LogP contribution in [0, 0.1) is 11.3 Å². The number of fused-ring (bicyclic) bond motifs is 1. The number of ether oxygens (including phenoxy) is 1. The fourth-order valence-electron chi connectivity index (χ4n) is 3.31. The van der Waals surface area contributed by atoms with Crippen molar-refractivity contribution in [3.05, 3.63) is 83.3 Å². The zero-order chi connectivity index (χ0) is 19.3. The van der Waals surface area contributed by atoms with Gasteiger partial charge in [0.2, 0.25) is 0 Å². The van der Waals surface area contributed by atoms with Crippen LogP contribution in [-0.4, -0.2) is 15.9 Å². The summed E-state index contributed by atoms with van der Waals surface area (Å²) in [5.41, 5.74) is 4.08. The van der Waals surface area contributed by atoms with E-state index in [0.717, 1.165) is 28.9 Å². The van der Waals surface area contributed by atoms with Crippen LogP contribution in [0.25, 0.3) is 0 Å². The van der Waals surface area contributed by atoms with E-state index in [4.69, 9.17) is 10.00 Å². The van der Waals surface area contributed by atoms with Crippen molar-refractivity contribution in [3.63, 3.8) is 0 Å². The van der Waals surface area contributed by atoms with Gasteiger partial charge in [0.15, 0.2) is 0 Å². The second-order valence-electron chi connectivity index (χ2n) is 6.58. The lowest BCUT2D eigenvalue weighted by atomic mass is 10.1. The fourth-order valence-corrected chi connectivity index (χ4v) is 3.31. The van der Waals surface area contributed by atoms with Gasteiger partial charge in [-0.25, -0.2) is 9.97 Å². The molecule has 0 fully saturated rings. The monoisotopic (exact) mass is 370 g/mol. The Kier molecular flexibility index (Phi) is 4.98. The van der Waals surface area contributed by atoms with Crippen molar-refractivity contribution in [2.45, 2.75) is 25.4 Å². The van der Waals surface area contributed by atoms with Gasteiger partial charge in [-0.3, -0.25) is 4.79 Å². The van der Waals surface area contributed by atoms with Gasteiger partial charge < -0.3 is 10.1 Å². The molecule has 0 bridgehead atoms. The highest BCUT2D eigenvalue weighted by molar-refractivity contribution is 5.73. The number of aromatic nitrogens is 2. The predicted octanol–water partition coefficient (Wildman–Crippen LogP) is 3.87. The number of carbonyl (C=O) groups is 1. The number of nitriles is 1. The molecule has 0 aliphatic heterocycles. The van der Waals surface area contributed by atoms with Crippen LogP contribution in [0.3, 0.4) is 0 Å². The normalized spacial score (nSPS) is 14.8. The molecule has 6 nitrogen and oxygen atoms in total. The van der Waals surface area contributed by atoms with Crippen molar-refractivity contribution in [1.29, 1.82) is 5.26 Å². The van der Waals surface area contributed by atoms with Crippen molar-refractivity contribution in [3.8, 4) is 6.07 Å². The first-order chi connectivity index (χ1) is 13.7. The lowest BCUT2D eigenvalue weighted by Gasteiger charge is -2.14. The largest absolute Gasteiger partial charge is 0.456 e. The summed E-state index contributed by atoms with van der Waals surface area (Å²) in [6.07, 6.45) is 2.80. The van der Waals surface area contributed by atoms with Crippen molar-refractivity contribution in [2.24, 2.45) is 0 Å². The Morgan fingerprint density at radius 3 is 2.68 bits per heavy atom. The number of nitrogens with zero attached hydrogens (tertiary/aromatic N) is 3. The summed E-state index contributed by atoms with van der Waals surface area (Å²) in [6.45, 7) is 0. The molecular weight excluding hydrogens is 352 g/mol. The minimum atomic E-state index is -0.351. The third-order valence-electron chi connectivity index (χ3n) is 4.68. The summed E-state index contributed by atoms with van der Waals surface area (Å²) < 4.78 is 5.68. The number of esters is 1. The third-order valence-corrected chi connectivity index (χ3v) is 4.68. The molecule has 138 valence electrons. The molecule has 0 saturated carbocycles. The standard InChI is InChI=1S/C22H18N4O2/c23-13-16-6-8-17(9-7-16)26-22-18-10-11-19(21(18)24-14-25-22)28-20(27)12-15-4-2-1-3-5-15/h1-9,14,19H,10-12H2,(H,24,25,26). The zero-order valence-electron chi connectivity index (χ0n) is 15.1. The number of carbonyl (C=O) groups excluding carboxylic acids is 1. The zero-order valence-corrected chi connectivity index (χ0v) is 15.1. The van der Waals surface area contributed by atoms with E-state index in [1.54, 1.807) is 12.1 Å². The smallest absolute Gasteiger partial charge is 0.310 e. The maximum absolute atomic E-state index is 12.3. The van der Waals surface area contributed by atoms with Crippen LogP contribution < -0.4 is 5.32 Å². The van der Waals surface area contributed by atoms with Crippen molar-refractivity contribution < 1.29 is 9.53 Å². The Balaban J connectivity index is 1.47. The van der Waals surface area contributed by atoms with E-state index < -0.39 is 0 Å². The van der Waals surface area contributed by atoms with Gasteiger partial charge in [0.1, 0.15) is 18.2 Å². The van der Waals surface area contributed by atoms with E-state index in [0.29, 0.717) is 17.8 Å². The third kappa shape index (κ3) is 3.84. The number of hydrogen-bond donors (Lipinski definition) is 1. The van der Waals surface area contributed by atoms with Crippen LogP contribution in [-0.2, 0) is 22.4 Å².